The predicted octanol–water partition coefficient (Wildman–Crippen LogP) is 4.75. The van der Waals surface area contributed by atoms with Crippen LogP contribution in [0.1, 0.15) is 64.2 Å². The van der Waals surface area contributed by atoms with Crippen molar-refractivity contribution < 1.29 is 17.9 Å². The van der Waals surface area contributed by atoms with Crippen LogP contribution in [0.15, 0.2) is 29.2 Å². The molecule has 1 amide bonds. The first-order valence-electron chi connectivity index (χ1n) is 13.4. The number of hydrogen-bond donors (Lipinski definition) is 0. The maximum atomic E-state index is 13.7. The Labute approximate surface area is 214 Å². The molecule has 5 rings (SSSR count). The number of carbonyl (C=O) groups excluding carboxylic acids is 1. The highest BCUT2D eigenvalue weighted by molar-refractivity contribution is 7.89. The van der Waals surface area contributed by atoms with Crippen LogP contribution < -0.4 is 0 Å². The quantitative estimate of drug-likeness (QED) is 0.538. The van der Waals surface area contributed by atoms with Gasteiger partial charge in [0.05, 0.1) is 10.9 Å². The maximum absolute atomic E-state index is 13.7. The van der Waals surface area contributed by atoms with Gasteiger partial charge in [0.1, 0.15) is 6.61 Å². The zero-order valence-corrected chi connectivity index (χ0v) is 22.1. The largest absolute Gasteiger partial charge is 0.448 e. The Kier molecular flexibility index (Phi) is 7.92. The van der Waals surface area contributed by atoms with Gasteiger partial charge < -0.3 is 9.64 Å². The van der Waals surface area contributed by atoms with Crippen LogP contribution in [0.5, 0.6) is 0 Å². The highest BCUT2D eigenvalue weighted by Crippen LogP contribution is 2.43. The van der Waals surface area contributed by atoms with E-state index in [1.165, 1.54) is 32.1 Å². The lowest BCUT2D eigenvalue weighted by Gasteiger charge is -2.42. The fourth-order valence-corrected chi connectivity index (χ4v) is 8.29. The molecule has 0 unspecified atom stereocenters. The van der Waals surface area contributed by atoms with Crippen molar-refractivity contribution in [3.8, 4) is 0 Å². The Bertz CT molecular complexity index is 971. The van der Waals surface area contributed by atoms with Crippen LogP contribution in [0.4, 0.5) is 4.79 Å². The molecule has 2 saturated heterocycles. The van der Waals surface area contributed by atoms with E-state index in [0.29, 0.717) is 36.5 Å². The molecule has 1 aromatic rings. The van der Waals surface area contributed by atoms with Gasteiger partial charge in [-0.25, -0.2) is 13.2 Å². The molecule has 0 N–H and O–H groups in total. The number of hydrogen-bond acceptors (Lipinski definition) is 5. The van der Waals surface area contributed by atoms with Gasteiger partial charge in [0.15, 0.2) is 0 Å². The van der Waals surface area contributed by atoms with E-state index in [0.717, 1.165) is 38.8 Å². The molecule has 7 nitrogen and oxygen atoms in total. The summed E-state index contributed by atoms with van der Waals surface area (Å²) < 4.78 is 34.9. The van der Waals surface area contributed by atoms with E-state index in [1.54, 1.807) is 33.5 Å². The van der Waals surface area contributed by atoms with E-state index in [9.17, 15) is 13.2 Å². The van der Waals surface area contributed by atoms with E-state index >= 15 is 0 Å². The molecule has 2 aliphatic carbocycles. The molecule has 0 spiro atoms. The number of nitrogens with zero attached hydrogens (tertiary/aromatic N) is 3. The second kappa shape index (κ2) is 11.0. The lowest BCUT2D eigenvalue weighted by atomic mass is 9.94. The normalized spacial score (nSPS) is 27.6. The summed E-state index contributed by atoms with van der Waals surface area (Å²) >= 11 is 6.00. The number of ether oxygens (including phenoxy) is 1. The van der Waals surface area contributed by atoms with E-state index < -0.39 is 10.0 Å². The van der Waals surface area contributed by atoms with Crippen LogP contribution >= 0.6 is 11.6 Å². The standard InChI is InChI=1S/C26H38ClN3O4S/c27-21-11-13-24(14-12-21)35(32,33)30-23(7-4-8-25(30)20-9-10-20)19-34-26(31)29-17-15-28(16-18-29)22-5-2-1-3-6-22/h11-14,20,22-23,25H,1-10,15-19H2/t23-,25+/m1/s1. The van der Waals surface area contributed by atoms with Crippen LogP contribution in [0.3, 0.4) is 0 Å². The summed E-state index contributed by atoms with van der Waals surface area (Å²) in [5.74, 6) is 0.406. The molecule has 2 saturated carbocycles. The molecule has 0 aromatic heterocycles. The molecule has 4 aliphatic rings. The van der Waals surface area contributed by atoms with E-state index in [4.69, 9.17) is 16.3 Å². The molecular weight excluding hydrogens is 486 g/mol. The highest BCUT2D eigenvalue weighted by Gasteiger charge is 2.46. The summed E-state index contributed by atoms with van der Waals surface area (Å²) in [4.78, 5) is 17.5. The molecule has 35 heavy (non-hydrogen) atoms. The summed E-state index contributed by atoms with van der Waals surface area (Å²) in [7, 11) is -3.71. The third kappa shape index (κ3) is 5.81. The van der Waals surface area contributed by atoms with Gasteiger partial charge in [-0.1, -0.05) is 37.3 Å². The molecular formula is C26H38ClN3O4S. The second-order valence-electron chi connectivity index (χ2n) is 10.7. The average Bonchev–Trinajstić information content (AvgIpc) is 3.73. The van der Waals surface area contributed by atoms with Crippen molar-refractivity contribution in [2.24, 2.45) is 5.92 Å². The Morgan fingerprint density at radius 2 is 1.57 bits per heavy atom. The number of rotatable bonds is 6. The molecule has 2 heterocycles. The fraction of sp³-hybridized carbons (Fsp3) is 0.731. The Morgan fingerprint density at radius 1 is 0.886 bits per heavy atom. The van der Waals surface area contributed by atoms with Crippen molar-refractivity contribution >= 4 is 27.7 Å². The average molecular weight is 524 g/mol. The number of piperazine rings is 1. The van der Waals surface area contributed by atoms with Crippen molar-refractivity contribution in [2.45, 2.75) is 87.2 Å². The molecule has 1 aromatic carbocycles. The predicted molar refractivity (Wildman–Crippen MR) is 136 cm³/mol. The molecule has 2 aliphatic heterocycles. The summed E-state index contributed by atoms with van der Waals surface area (Å²) in [5.41, 5.74) is 0. The first kappa shape index (κ1) is 25.3. The van der Waals surface area contributed by atoms with Crippen LogP contribution in [0, 0.1) is 5.92 Å². The van der Waals surface area contributed by atoms with Gasteiger partial charge in [-0.2, -0.15) is 4.31 Å². The van der Waals surface area contributed by atoms with Crippen molar-refractivity contribution in [2.75, 3.05) is 32.8 Å². The summed E-state index contributed by atoms with van der Waals surface area (Å²) in [6.07, 6.45) is 10.8. The molecule has 0 bridgehead atoms. The maximum Gasteiger partial charge on any atom is 0.409 e. The zero-order valence-electron chi connectivity index (χ0n) is 20.5. The van der Waals surface area contributed by atoms with Crippen LogP contribution in [-0.2, 0) is 14.8 Å². The number of amides is 1. The Hall–Kier alpha value is -1.35. The SMILES string of the molecule is O=C(OC[C@H]1CCC[C@@H](C2CC2)N1S(=O)(=O)c1ccc(Cl)cc1)N1CCN(C2CCCCC2)CC1. The number of sulfonamides is 1. The first-order valence-corrected chi connectivity index (χ1v) is 15.2. The molecule has 4 fully saturated rings. The Balaban J connectivity index is 1.22. The number of benzene rings is 1. The molecule has 9 heteroatoms. The smallest absolute Gasteiger partial charge is 0.409 e. The van der Waals surface area contributed by atoms with Crippen molar-refractivity contribution in [3.63, 3.8) is 0 Å². The summed E-state index contributed by atoms with van der Waals surface area (Å²) in [5, 5.41) is 0.510. The van der Waals surface area contributed by atoms with Crippen molar-refractivity contribution in [1.29, 1.82) is 0 Å². The minimum absolute atomic E-state index is 0.0211. The van der Waals surface area contributed by atoms with Crippen molar-refractivity contribution in [1.82, 2.24) is 14.1 Å². The topological polar surface area (TPSA) is 70.2 Å². The fourth-order valence-electron chi connectivity index (χ4n) is 6.25. The van der Waals surface area contributed by atoms with Gasteiger partial charge in [-0.05, 0) is 68.7 Å². The second-order valence-corrected chi connectivity index (χ2v) is 12.9. The Morgan fingerprint density at radius 3 is 2.23 bits per heavy atom. The van der Waals surface area contributed by atoms with Gasteiger partial charge in [-0.15, -0.1) is 0 Å². The van der Waals surface area contributed by atoms with Crippen LogP contribution in [-0.4, -0.2) is 79.5 Å². The van der Waals surface area contributed by atoms with E-state index in [1.807, 2.05) is 0 Å². The third-order valence-corrected chi connectivity index (χ3v) is 10.6. The van der Waals surface area contributed by atoms with E-state index in [-0.39, 0.29) is 29.7 Å². The molecule has 0 radical (unpaired) electrons. The first-order chi connectivity index (χ1) is 16.9. The van der Waals surface area contributed by atoms with Gasteiger partial charge in [0.25, 0.3) is 0 Å². The van der Waals surface area contributed by atoms with Crippen molar-refractivity contribution in [3.05, 3.63) is 29.3 Å². The zero-order chi connectivity index (χ0) is 24.4. The minimum Gasteiger partial charge on any atom is -0.448 e. The van der Waals surface area contributed by atoms with Gasteiger partial charge >= 0.3 is 6.09 Å². The molecule has 194 valence electrons. The number of carbonyl (C=O) groups is 1. The number of halogens is 1. The number of piperidine rings is 1. The summed E-state index contributed by atoms with van der Waals surface area (Å²) in [6, 6.07) is 6.69. The lowest BCUT2D eigenvalue weighted by molar-refractivity contribution is 0.0367. The van der Waals surface area contributed by atoms with Crippen LogP contribution in [0.25, 0.3) is 0 Å². The molecule has 2 atom stereocenters. The third-order valence-electron chi connectivity index (χ3n) is 8.34. The summed E-state index contributed by atoms with van der Waals surface area (Å²) in [6.45, 7) is 3.25. The lowest BCUT2D eigenvalue weighted by Crippen LogP contribution is -2.54. The monoisotopic (exact) mass is 523 g/mol. The van der Waals surface area contributed by atoms with Gasteiger partial charge in [-0.3, -0.25) is 4.90 Å². The van der Waals surface area contributed by atoms with Gasteiger partial charge in [0, 0.05) is 43.3 Å². The van der Waals surface area contributed by atoms with E-state index in [2.05, 4.69) is 4.90 Å². The highest BCUT2D eigenvalue weighted by atomic mass is 35.5. The van der Waals surface area contributed by atoms with Crippen LogP contribution in [0.2, 0.25) is 5.02 Å². The minimum atomic E-state index is -3.71. The van der Waals surface area contributed by atoms with Gasteiger partial charge in [0.2, 0.25) is 10.0 Å².